The van der Waals surface area contributed by atoms with Gasteiger partial charge in [0.2, 0.25) is 5.88 Å². The third kappa shape index (κ3) is 3.60. The lowest BCUT2D eigenvalue weighted by atomic mass is 10.2. The Morgan fingerprint density at radius 3 is 2.73 bits per heavy atom. The molecule has 7 nitrogen and oxygen atoms in total. The molecule has 8 heteroatoms. The van der Waals surface area contributed by atoms with Crippen LogP contribution in [-0.2, 0) is 9.53 Å². The minimum absolute atomic E-state index is 0.0171. The van der Waals surface area contributed by atoms with Gasteiger partial charge < -0.3 is 15.0 Å². The molecule has 1 aromatic heterocycles. The molecule has 0 aliphatic rings. The number of halogens is 1. The van der Waals surface area contributed by atoms with E-state index in [1.165, 1.54) is 19.1 Å². The summed E-state index contributed by atoms with van der Waals surface area (Å²) in [5.41, 5.74) is 6.05. The number of anilines is 2. The minimum Gasteiger partial charge on any atom is -0.449 e. The maximum absolute atomic E-state index is 12.9. The Bertz CT molecular complexity index is 714. The number of amides is 1. The van der Waals surface area contributed by atoms with Crippen LogP contribution >= 0.6 is 0 Å². The number of aryl methyl sites for hydroxylation is 1. The van der Waals surface area contributed by atoms with Gasteiger partial charge in [-0.3, -0.25) is 10.1 Å². The quantitative estimate of drug-likeness (QED) is 0.659. The molecule has 116 valence electrons. The summed E-state index contributed by atoms with van der Waals surface area (Å²) in [6, 6.07) is 4.79. The van der Waals surface area contributed by atoms with E-state index < -0.39 is 23.8 Å². The Labute approximate surface area is 125 Å². The second-order valence-corrected chi connectivity index (χ2v) is 4.60. The van der Waals surface area contributed by atoms with Crippen LogP contribution in [0.4, 0.5) is 16.0 Å². The van der Waals surface area contributed by atoms with Crippen LogP contribution in [0.5, 0.6) is 0 Å². The van der Waals surface area contributed by atoms with Crippen molar-refractivity contribution in [3.8, 4) is 0 Å². The molecule has 1 unspecified atom stereocenters. The molecular weight excluding hydrogens is 293 g/mol. The van der Waals surface area contributed by atoms with Crippen molar-refractivity contribution in [2.45, 2.75) is 20.0 Å². The van der Waals surface area contributed by atoms with Crippen LogP contribution in [0, 0.1) is 12.7 Å². The van der Waals surface area contributed by atoms with Gasteiger partial charge >= 0.3 is 5.97 Å². The Morgan fingerprint density at radius 1 is 1.41 bits per heavy atom. The van der Waals surface area contributed by atoms with E-state index in [0.29, 0.717) is 5.69 Å². The number of hydrogen-bond donors (Lipinski definition) is 2. The molecule has 0 aliphatic heterocycles. The number of benzene rings is 1. The topological polar surface area (TPSA) is 107 Å². The number of ether oxygens (including phenoxy) is 1. The maximum atomic E-state index is 12.9. The smallest absolute Gasteiger partial charge is 0.341 e. The van der Waals surface area contributed by atoms with Crippen molar-refractivity contribution in [1.82, 2.24) is 5.16 Å². The highest BCUT2D eigenvalue weighted by atomic mass is 19.1. The number of rotatable bonds is 4. The Balaban J connectivity index is 1.99. The number of hydrogen-bond acceptors (Lipinski definition) is 6. The zero-order valence-electron chi connectivity index (χ0n) is 11.9. The van der Waals surface area contributed by atoms with Crippen LogP contribution < -0.4 is 11.1 Å². The number of nitrogen functional groups attached to an aromatic ring is 1. The molecule has 2 aromatic rings. The zero-order chi connectivity index (χ0) is 16.3. The molecule has 0 aliphatic carbocycles. The van der Waals surface area contributed by atoms with Crippen LogP contribution in [0.3, 0.4) is 0 Å². The van der Waals surface area contributed by atoms with Crippen molar-refractivity contribution in [1.29, 1.82) is 0 Å². The number of aromatic nitrogens is 1. The highest BCUT2D eigenvalue weighted by Gasteiger charge is 2.21. The predicted octanol–water partition coefficient (Wildman–Crippen LogP) is 1.89. The Hall–Kier alpha value is -2.90. The summed E-state index contributed by atoms with van der Waals surface area (Å²) in [5.74, 6) is -1.84. The van der Waals surface area contributed by atoms with Crippen LogP contribution in [0.25, 0.3) is 0 Å². The van der Waals surface area contributed by atoms with Gasteiger partial charge in [-0.1, -0.05) is 5.16 Å². The zero-order valence-corrected chi connectivity index (χ0v) is 11.9. The molecule has 2 rings (SSSR count). The lowest BCUT2D eigenvalue weighted by molar-refractivity contribution is -0.123. The summed E-state index contributed by atoms with van der Waals surface area (Å²) in [7, 11) is 0. The first kappa shape index (κ1) is 15.5. The second kappa shape index (κ2) is 6.25. The Morgan fingerprint density at radius 2 is 2.14 bits per heavy atom. The Kier molecular flexibility index (Phi) is 4.40. The average molecular weight is 307 g/mol. The van der Waals surface area contributed by atoms with Gasteiger partial charge in [0.25, 0.3) is 5.91 Å². The number of nitrogens with zero attached hydrogens (tertiary/aromatic N) is 1. The van der Waals surface area contributed by atoms with Gasteiger partial charge in [0, 0.05) is 11.8 Å². The molecule has 1 amide bonds. The summed E-state index contributed by atoms with van der Waals surface area (Å²) in [4.78, 5) is 23.8. The van der Waals surface area contributed by atoms with E-state index in [0.717, 1.165) is 12.1 Å². The lowest BCUT2D eigenvalue weighted by Gasteiger charge is -2.13. The number of carbonyl (C=O) groups excluding carboxylic acids is 2. The van der Waals surface area contributed by atoms with Crippen molar-refractivity contribution in [3.05, 3.63) is 41.3 Å². The minimum atomic E-state index is -1.10. The SMILES string of the molecule is Cc1cc(NC(=O)C(C)OC(=O)c2ccc(F)cc2N)on1. The molecule has 1 atom stereocenters. The van der Waals surface area contributed by atoms with Crippen molar-refractivity contribution in [2.24, 2.45) is 0 Å². The standard InChI is InChI=1S/C14H14FN3O4/c1-7-5-12(22-18-7)17-13(19)8(2)21-14(20)10-4-3-9(15)6-11(10)16/h3-6,8H,16H2,1-2H3,(H,17,19). The van der Waals surface area contributed by atoms with Gasteiger partial charge in [0.1, 0.15) is 5.82 Å². The molecule has 0 saturated heterocycles. The van der Waals surface area contributed by atoms with E-state index in [9.17, 15) is 14.0 Å². The average Bonchev–Trinajstić information content (AvgIpc) is 2.83. The first-order valence-corrected chi connectivity index (χ1v) is 6.37. The van der Waals surface area contributed by atoms with Gasteiger partial charge in [0.15, 0.2) is 6.10 Å². The molecule has 0 bridgehead atoms. The molecule has 0 fully saturated rings. The summed E-state index contributed by atoms with van der Waals surface area (Å²) >= 11 is 0. The number of esters is 1. The van der Waals surface area contributed by atoms with E-state index in [2.05, 4.69) is 10.5 Å². The maximum Gasteiger partial charge on any atom is 0.341 e. The molecule has 0 spiro atoms. The summed E-state index contributed by atoms with van der Waals surface area (Å²) in [6.45, 7) is 3.08. The first-order chi connectivity index (χ1) is 10.4. The first-order valence-electron chi connectivity index (χ1n) is 6.37. The number of nitrogens with two attached hydrogens (primary N) is 1. The largest absolute Gasteiger partial charge is 0.449 e. The second-order valence-electron chi connectivity index (χ2n) is 4.60. The van der Waals surface area contributed by atoms with Crippen LogP contribution in [0.1, 0.15) is 23.0 Å². The predicted molar refractivity (Wildman–Crippen MR) is 75.6 cm³/mol. The molecule has 0 radical (unpaired) electrons. The van der Waals surface area contributed by atoms with Gasteiger partial charge in [-0.25, -0.2) is 9.18 Å². The molecule has 1 aromatic carbocycles. The summed E-state index contributed by atoms with van der Waals surface area (Å²) < 4.78 is 22.7. The van der Waals surface area contributed by atoms with Crippen molar-refractivity contribution in [2.75, 3.05) is 11.1 Å². The van der Waals surface area contributed by atoms with Crippen molar-refractivity contribution >= 4 is 23.4 Å². The fraction of sp³-hybridized carbons (Fsp3) is 0.214. The van der Waals surface area contributed by atoms with Crippen LogP contribution in [-0.4, -0.2) is 23.1 Å². The van der Waals surface area contributed by atoms with Crippen LogP contribution in [0.15, 0.2) is 28.8 Å². The van der Waals surface area contributed by atoms with E-state index in [4.69, 9.17) is 15.0 Å². The van der Waals surface area contributed by atoms with Gasteiger partial charge in [-0.2, -0.15) is 0 Å². The fourth-order valence-corrected chi connectivity index (χ4v) is 1.64. The van der Waals surface area contributed by atoms with E-state index in [1.807, 2.05) is 0 Å². The van der Waals surface area contributed by atoms with Gasteiger partial charge in [-0.15, -0.1) is 0 Å². The molecule has 22 heavy (non-hydrogen) atoms. The van der Waals surface area contributed by atoms with Crippen molar-refractivity contribution in [3.63, 3.8) is 0 Å². The number of nitrogens with one attached hydrogen (secondary N) is 1. The fourth-order valence-electron chi connectivity index (χ4n) is 1.64. The highest BCUT2D eigenvalue weighted by molar-refractivity contribution is 5.99. The molecule has 1 heterocycles. The highest BCUT2D eigenvalue weighted by Crippen LogP contribution is 2.16. The third-order valence-corrected chi connectivity index (χ3v) is 2.76. The normalized spacial score (nSPS) is 11.8. The summed E-state index contributed by atoms with van der Waals surface area (Å²) in [6.07, 6.45) is -1.10. The van der Waals surface area contributed by atoms with Gasteiger partial charge in [0.05, 0.1) is 11.3 Å². The summed E-state index contributed by atoms with van der Waals surface area (Å²) in [5, 5.41) is 6.01. The third-order valence-electron chi connectivity index (χ3n) is 2.76. The van der Waals surface area contributed by atoms with E-state index in [1.54, 1.807) is 6.92 Å². The number of carbonyl (C=O) groups is 2. The molecular formula is C14H14FN3O4. The van der Waals surface area contributed by atoms with Crippen LogP contribution in [0.2, 0.25) is 0 Å². The molecule has 3 N–H and O–H groups in total. The lowest BCUT2D eigenvalue weighted by Crippen LogP contribution is -2.30. The molecule has 0 saturated carbocycles. The van der Waals surface area contributed by atoms with Crippen molar-refractivity contribution < 1.29 is 23.2 Å². The van der Waals surface area contributed by atoms with Gasteiger partial charge in [-0.05, 0) is 32.0 Å². The van der Waals surface area contributed by atoms with E-state index >= 15 is 0 Å². The monoisotopic (exact) mass is 307 g/mol. The van der Waals surface area contributed by atoms with E-state index in [-0.39, 0.29) is 17.1 Å².